The van der Waals surface area contributed by atoms with Crippen LogP contribution >= 0.6 is 0 Å². The number of benzene rings is 1. The minimum Gasteiger partial charge on any atom is -0.342 e. The fourth-order valence-corrected chi connectivity index (χ4v) is 2.84. The van der Waals surface area contributed by atoms with E-state index in [1.165, 1.54) is 16.9 Å². The minimum atomic E-state index is 0.528. The molecule has 1 aliphatic heterocycles. The average molecular weight is 211 g/mol. The highest BCUT2D eigenvalue weighted by molar-refractivity contribution is 5.65. The number of hydrogen-bond acceptors (Lipinski definition) is 1. The van der Waals surface area contributed by atoms with Crippen molar-refractivity contribution in [2.24, 2.45) is 0 Å². The van der Waals surface area contributed by atoms with Gasteiger partial charge in [0.25, 0.3) is 0 Å². The lowest BCUT2D eigenvalue weighted by Gasteiger charge is -2.41. The van der Waals surface area contributed by atoms with E-state index in [0.717, 1.165) is 6.42 Å². The van der Waals surface area contributed by atoms with Crippen molar-refractivity contribution in [1.82, 2.24) is 0 Å². The van der Waals surface area contributed by atoms with Crippen molar-refractivity contribution in [3.05, 3.63) is 53.8 Å². The van der Waals surface area contributed by atoms with Crippen LogP contribution in [0.15, 0.2) is 48.2 Å². The Morgan fingerprint density at radius 3 is 2.88 bits per heavy atom. The van der Waals surface area contributed by atoms with Crippen LogP contribution in [0.25, 0.3) is 0 Å². The molecule has 0 amide bonds. The fraction of sp³-hybridized carbons (Fsp3) is 0.333. The molecule has 0 N–H and O–H groups in total. The van der Waals surface area contributed by atoms with Gasteiger partial charge in [0.05, 0.1) is 0 Å². The van der Waals surface area contributed by atoms with Crippen LogP contribution in [-0.4, -0.2) is 6.04 Å². The zero-order valence-corrected chi connectivity index (χ0v) is 9.85. The van der Waals surface area contributed by atoms with E-state index >= 15 is 0 Å². The van der Waals surface area contributed by atoms with Crippen molar-refractivity contribution < 1.29 is 0 Å². The number of anilines is 1. The lowest BCUT2D eigenvalue weighted by atomic mass is 9.84. The van der Waals surface area contributed by atoms with Gasteiger partial charge in [0.15, 0.2) is 0 Å². The molecule has 0 saturated carbocycles. The van der Waals surface area contributed by atoms with Gasteiger partial charge in [0.1, 0.15) is 0 Å². The summed E-state index contributed by atoms with van der Waals surface area (Å²) in [6, 6.07) is 9.32. The zero-order chi connectivity index (χ0) is 11.1. The molecule has 2 bridgehead atoms. The summed E-state index contributed by atoms with van der Waals surface area (Å²) in [5, 5.41) is 0. The summed E-state index contributed by atoms with van der Waals surface area (Å²) in [5.41, 5.74) is 4.33. The summed E-state index contributed by atoms with van der Waals surface area (Å²) in [5.74, 6) is 0.589. The molecule has 1 heterocycles. The Bertz CT molecular complexity index is 468. The fourth-order valence-electron chi connectivity index (χ4n) is 2.84. The van der Waals surface area contributed by atoms with E-state index in [1.54, 1.807) is 0 Å². The van der Waals surface area contributed by atoms with Gasteiger partial charge in [-0.2, -0.15) is 0 Å². The largest absolute Gasteiger partial charge is 0.342 e. The summed E-state index contributed by atoms with van der Waals surface area (Å²) in [6.07, 6.45) is 7.94. The van der Waals surface area contributed by atoms with E-state index in [2.05, 4.69) is 61.2 Å². The predicted octanol–water partition coefficient (Wildman–Crippen LogP) is 3.84. The Balaban J connectivity index is 2.20. The van der Waals surface area contributed by atoms with Crippen LogP contribution in [0.3, 0.4) is 0 Å². The van der Waals surface area contributed by atoms with E-state index in [4.69, 9.17) is 0 Å². The topological polar surface area (TPSA) is 3.24 Å². The Morgan fingerprint density at radius 1 is 1.25 bits per heavy atom. The van der Waals surface area contributed by atoms with Gasteiger partial charge in [-0.1, -0.05) is 30.4 Å². The SMILES string of the molecule is CC(C)N1C2=CC=CC(C2)c2ccccc21. The van der Waals surface area contributed by atoms with Gasteiger partial charge in [-0.25, -0.2) is 0 Å². The highest BCUT2D eigenvalue weighted by Gasteiger charge is 2.29. The first-order valence-electron chi connectivity index (χ1n) is 6.03. The van der Waals surface area contributed by atoms with Crippen LogP contribution in [-0.2, 0) is 0 Å². The van der Waals surface area contributed by atoms with Gasteiger partial charge in [0.2, 0.25) is 0 Å². The lowest BCUT2D eigenvalue weighted by molar-refractivity contribution is 0.657. The van der Waals surface area contributed by atoms with Gasteiger partial charge < -0.3 is 4.90 Å². The minimum absolute atomic E-state index is 0.528. The molecule has 1 aliphatic carbocycles. The van der Waals surface area contributed by atoms with E-state index in [0.29, 0.717) is 12.0 Å². The number of hydrogen-bond donors (Lipinski definition) is 0. The second-order valence-corrected chi connectivity index (χ2v) is 4.88. The summed E-state index contributed by atoms with van der Waals surface area (Å²) < 4.78 is 0. The number of rotatable bonds is 1. The quantitative estimate of drug-likeness (QED) is 0.682. The highest BCUT2D eigenvalue weighted by atomic mass is 15.2. The molecular weight excluding hydrogens is 194 g/mol. The molecule has 0 fully saturated rings. The number of fused-ring (bicyclic) bond motifs is 4. The third-order valence-electron chi connectivity index (χ3n) is 3.48. The highest BCUT2D eigenvalue weighted by Crippen LogP contribution is 2.43. The Kier molecular flexibility index (Phi) is 2.13. The number of para-hydroxylation sites is 1. The third kappa shape index (κ3) is 1.31. The van der Waals surface area contributed by atoms with Crippen molar-refractivity contribution in [2.75, 3.05) is 4.90 Å². The van der Waals surface area contributed by atoms with E-state index in [-0.39, 0.29) is 0 Å². The zero-order valence-electron chi connectivity index (χ0n) is 9.85. The summed E-state index contributed by atoms with van der Waals surface area (Å²) in [6.45, 7) is 4.52. The molecule has 0 spiro atoms. The lowest BCUT2D eigenvalue weighted by Crippen LogP contribution is -2.35. The van der Waals surface area contributed by atoms with Crippen LogP contribution in [0.5, 0.6) is 0 Å². The molecule has 1 heteroatoms. The smallest absolute Gasteiger partial charge is 0.0449 e. The molecule has 1 aromatic rings. The normalized spacial score (nSPS) is 22.1. The van der Waals surface area contributed by atoms with Crippen molar-refractivity contribution in [3.63, 3.8) is 0 Å². The van der Waals surface area contributed by atoms with Gasteiger partial charge in [0, 0.05) is 23.3 Å². The van der Waals surface area contributed by atoms with E-state index in [1.807, 2.05) is 0 Å². The van der Waals surface area contributed by atoms with Crippen LogP contribution in [0.1, 0.15) is 31.7 Å². The van der Waals surface area contributed by atoms with Crippen LogP contribution in [0.2, 0.25) is 0 Å². The van der Waals surface area contributed by atoms with Gasteiger partial charge in [-0.05, 0) is 38.0 Å². The molecule has 1 atom stereocenters. The molecule has 1 nitrogen and oxygen atoms in total. The molecule has 1 unspecified atom stereocenters. The molecular formula is C15H17N. The molecule has 0 radical (unpaired) electrons. The Hall–Kier alpha value is -1.50. The second kappa shape index (κ2) is 3.51. The molecule has 3 rings (SSSR count). The maximum atomic E-state index is 2.47. The molecule has 82 valence electrons. The van der Waals surface area contributed by atoms with Gasteiger partial charge in [-0.15, -0.1) is 0 Å². The van der Waals surface area contributed by atoms with Crippen LogP contribution in [0, 0.1) is 0 Å². The number of allylic oxidation sites excluding steroid dienone is 4. The summed E-state index contributed by atoms with van der Waals surface area (Å²) in [4.78, 5) is 2.47. The monoisotopic (exact) mass is 211 g/mol. The maximum Gasteiger partial charge on any atom is 0.0449 e. The van der Waals surface area contributed by atoms with E-state index < -0.39 is 0 Å². The first-order chi connectivity index (χ1) is 7.77. The molecule has 1 aromatic carbocycles. The number of nitrogens with zero attached hydrogens (tertiary/aromatic N) is 1. The van der Waals surface area contributed by atoms with Crippen LogP contribution < -0.4 is 4.90 Å². The molecule has 16 heavy (non-hydrogen) atoms. The average Bonchev–Trinajstić information content (AvgIpc) is 2.29. The first-order valence-corrected chi connectivity index (χ1v) is 6.03. The standard InChI is InChI=1S/C15H17N/c1-11(2)16-13-7-5-6-12(10-13)14-8-3-4-9-15(14)16/h3-9,11-12H,10H2,1-2H3. The second-order valence-electron chi connectivity index (χ2n) is 4.88. The third-order valence-corrected chi connectivity index (χ3v) is 3.48. The van der Waals surface area contributed by atoms with Crippen molar-refractivity contribution in [3.8, 4) is 0 Å². The first kappa shape index (κ1) is 9.71. The van der Waals surface area contributed by atoms with Crippen molar-refractivity contribution in [2.45, 2.75) is 32.2 Å². The Labute approximate surface area is 97.1 Å². The maximum absolute atomic E-state index is 2.47. The van der Waals surface area contributed by atoms with E-state index in [9.17, 15) is 0 Å². The summed E-state index contributed by atoms with van der Waals surface area (Å²) >= 11 is 0. The van der Waals surface area contributed by atoms with Crippen molar-refractivity contribution >= 4 is 5.69 Å². The molecule has 0 aromatic heterocycles. The molecule has 2 aliphatic rings. The molecule has 0 saturated heterocycles. The van der Waals surface area contributed by atoms with Crippen LogP contribution in [0.4, 0.5) is 5.69 Å². The van der Waals surface area contributed by atoms with Crippen molar-refractivity contribution in [1.29, 1.82) is 0 Å². The predicted molar refractivity (Wildman–Crippen MR) is 68.6 cm³/mol. The summed E-state index contributed by atoms with van der Waals surface area (Å²) in [7, 11) is 0. The van der Waals surface area contributed by atoms with Gasteiger partial charge >= 0.3 is 0 Å². The van der Waals surface area contributed by atoms with Gasteiger partial charge in [-0.3, -0.25) is 0 Å². The Morgan fingerprint density at radius 2 is 2.06 bits per heavy atom.